The van der Waals surface area contributed by atoms with Crippen LogP contribution in [0.25, 0.3) is 12.2 Å². The molecule has 2 N–H and O–H groups in total. The van der Waals surface area contributed by atoms with E-state index in [-0.39, 0.29) is 11.5 Å². The molecule has 0 aliphatic heterocycles. The Morgan fingerprint density at radius 3 is 1.08 bits per heavy atom. The third-order valence-electron chi connectivity index (χ3n) is 3.69. The van der Waals surface area contributed by atoms with Crippen molar-refractivity contribution in [3.05, 3.63) is 47.5 Å². The fourth-order valence-electron chi connectivity index (χ4n) is 2.35. The van der Waals surface area contributed by atoms with Crippen molar-refractivity contribution in [1.29, 1.82) is 0 Å². The molecule has 0 spiro atoms. The van der Waals surface area contributed by atoms with E-state index in [0.29, 0.717) is 23.0 Å². The van der Waals surface area contributed by atoms with E-state index >= 15 is 0 Å². The van der Waals surface area contributed by atoms with Gasteiger partial charge in [0.05, 0.1) is 28.4 Å². The van der Waals surface area contributed by atoms with E-state index in [4.69, 9.17) is 18.9 Å². The Hall–Kier alpha value is -3.28. The lowest BCUT2D eigenvalue weighted by Gasteiger charge is -2.09. The second-order valence-electron chi connectivity index (χ2n) is 5.27. The first kappa shape index (κ1) is 19.1. The molecule has 0 amide bonds. The quantitative estimate of drug-likeness (QED) is 0.732. The van der Waals surface area contributed by atoms with E-state index in [1.165, 1.54) is 28.4 Å². The number of phenols is 2. The van der Waals surface area contributed by atoms with Gasteiger partial charge in [-0.1, -0.05) is 24.3 Å². The highest BCUT2D eigenvalue weighted by atomic mass is 16.5. The molecule has 0 atom stereocenters. The summed E-state index contributed by atoms with van der Waals surface area (Å²) in [6.45, 7) is 0. The third kappa shape index (κ3) is 4.22. The van der Waals surface area contributed by atoms with Crippen LogP contribution in [0.15, 0.2) is 36.4 Å². The summed E-state index contributed by atoms with van der Waals surface area (Å²) in [5.74, 6) is 1.26. The van der Waals surface area contributed by atoms with Crippen LogP contribution < -0.4 is 18.9 Å². The average molecular weight is 358 g/mol. The molecule has 0 saturated heterocycles. The van der Waals surface area contributed by atoms with Crippen molar-refractivity contribution in [1.82, 2.24) is 0 Å². The zero-order valence-electron chi connectivity index (χ0n) is 15.1. The Labute approximate surface area is 152 Å². The molecule has 6 nitrogen and oxygen atoms in total. The average Bonchev–Trinajstić information content (AvgIpc) is 2.66. The van der Waals surface area contributed by atoms with Crippen molar-refractivity contribution in [2.24, 2.45) is 0 Å². The molecule has 2 aromatic carbocycles. The van der Waals surface area contributed by atoms with E-state index in [9.17, 15) is 10.2 Å². The van der Waals surface area contributed by atoms with Gasteiger partial charge in [0.1, 0.15) is 0 Å². The minimum atomic E-state index is -0.0361. The second kappa shape index (κ2) is 8.71. The first-order chi connectivity index (χ1) is 12.5. The molecular formula is C20H22O6. The van der Waals surface area contributed by atoms with Gasteiger partial charge in [-0.05, 0) is 35.4 Å². The van der Waals surface area contributed by atoms with Gasteiger partial charge in [0.25, 0.3) is 0 Å². The number of phenolic OH excluding ortho intramolecular Hbond substituents is 2. The fourth-order valence-corrected chi connectivity index (χ4v) is 2.35. The highest BCUT2D eigenvalue weighted by Gasteiger charge is 2.10. The van der Waals surface area contributed by atoms with Crippen molar-refractivity contribution in [3.8, 4) is 34.5 Å². The number of hydrogen-bond acceptors (Lipinski definition) is 6. The van der Waals surface area contributed by atoms with Gasteiger partial charge in [-0.25, -0.2) is 0 Å². The topological polar surface area (TPSA) is 77.4 Å². The lowest BCUT2D eigenvalue weighted by molar-refractivity contribution is 0.340. The maximum atomic E-state index is 9.92. The minimum absolute atomic E-state index is 0.0361. The van der Waals surface area contributed by atoms with Gasteiger partial charge in [-0.15, -0.1) is 0 Å². The normalized spacial score (nSPS) is 11.1. The van der Waals surface area contributed by atoms with E-state index in [0.717, 1.165) is 11.1 Å². The minimum Gasteiger partial charge on any atom is -0.502 e. The van der Waals surface area contributed by atoms with Crippen LogP contribution in [0.4, 0.5) is 0 Å². The molecule has 26 heavy (non-hydrogen) atoms. The maximum Gasteiger partial charge on any atom is 0.200 e. The van der Waals surface area contributed by atoms with Crippen LogP contribution in [0.2, 0.25) is 0 Å². The van der Waals surface area contributed by atoms with Gasteiger partial charge >= 0.3 is 0 Å². The summed E-state index contributed by atoms with van der Waals surface area (Å²) >= 11 is 0. The Morgan fingerprint density at radius 2 is 0.846 bits per heavy atom. The molecule has 0 saturated carbocycles. The largest absolute Gasteiger partial charge is 0.502 e. The number of hydrogen-bond donors (Lipinski definition) is 2. The highest BCUT2D eigenvalue weighted by Crippen LogP contribution is 2.38. The standard InChI is InChI=1S/C20H22O6/c1-23-15-9-13(10-16(24-2)19(15)21)7-5-6-8-14-11-17(25-3)20(22)18(12-14)26-4/h5-12,21-22H,1-4H3/b7-5+,8-6+. The van der Waals surface area contributed by atoms with Gasteiger partial charge in [-0.3, -0.25) is 0 Å². The Kier molecular flexibility index (Phi) is 6.38. The van der Waals surface area contributed by atoms with Crippen LogP contribution in [-0.4, -0.2) is 38.7 Å². The molecule has 0 aliphatic carbocycles. The first-order valence-corrected chi connectivity index (χ1v) is 7.78. The Morgan fingerprint density at radius 1 is 0.577 bits per heavy atom. The molecule has 0 aromatic heterocycles. The van der Waals surface area contributed by atoms with E-state index in [2.05, 4.69) is 0 Å². The molecular weight excluding hydrogens is 336 g/mol. The van der Waals surface area contributed by atoms with Crippen LogP contribution in [0.1, 0.15) is 11.1 Å². The Balaban J connectivity index is 2.23. The predicted octanol–water partition coefficient (Wildman–Crippen LogP) is 3.86. The fraction of sp³-hybridized carbons (Fsp3) is 0.200. The number of rotatable bonds is 7. The first-order valence-electron chi connectivity index (χ1n) is 7.78. The molecule has 0 heterocycles. The molecule has 2 rings (SSSR count). The van der Waals surface area contributed by atoms with E-state index in [1.807, 2.05) is 24.3 Å². The second-order valence-corrected chi connectivity index (χ2v) is 5.27. The van der Waals surface area contributed by atoms with E-state index < -0.39 is 0 Å². The van der Waals surface area contributed by atoms with Crippen LogP contribution in [0.5, 0.6) is 34.5 Å². The summed E-state index contributed by atoms with van der Waals surface area (Å²) in [6.07, 6.45) is 7.35. The molecule has 0 fully saturated rings. The van der Waals surface area contributed by atoms with E-state index in [1.54, 1.807) is 24.3 Å². The molecule has 6 heteroatoms. The summed E-state index contributed by atoms with van der Waals surface area (Å²) in [6, 6.07) is 6.81. The van der Waals surface area contributed by atoms with Crippen molar-refractivity contribution >= 4 is 12.2 Å². The van der Waals surface area contributed by atoms with Gasteiger partial charge < -0.3 is 29.2 Å². The van der Waals surface area contributed by atoms with Gasteiger partial charge in [0.15, 0.2) is 23.0 Å². The number of benzene rings is 2. The van der Waals surface area contributed by atoms with Crippen LogP contribution in [0.3, 0.4) is 0 Å². The number of methoxy groups -OCH3 is 4. The molecule has 138 valence electrons. The summed E-state index contributed by atoms with van der Waals surface area (Å²) in [5.41, 5.74) is 1.61. The summed E-state index contributed by atoms with van der Waals surface area (Å²) in [4.78, 5) is 0. The van der Waals surface area contributed by atoms with Crippen molar-refractivity contribution < 1.29 is 29.2 Å². The molecule has 0 aliphatic rings. The monoisotopic (exact) mass is 358 g/mol. The third-order valence-corrected chi connectivity index (χ3v) is 3.69. The zero-order valence-corrected chi connectivity index (χ0v) is 15.1. The molecule has 0 unspecified atom stereocenters. The Bertz CT molecular complexity index is 704. The lowest BCUT2D eigenvalue weighted by Crippen LogP contribution is -1.90. The van der Waals surface area contributed by atoms with Crippen molar-refractivity contribution in [2.45, 2.75) is 0 Å². The summed E-state index contributed by atoms with van der Waals surface area (Å²) < 4.78 is 20.5. The zero-order chi connectivity index (χ0) is 19.1. The van der Waals surface area contributed by atoms with Crippen LogP contribution >= 0.6 is 0 Å². The number of allylic oxidation sites excluding steroid dienone is 2. The molecule has 0 bridgehead atoms. The molecule has 2 aromatic rings. The van der Waals surface area contributed by atoms with Gasteiger partial charge in [0, 0.05) is 0 Å². The highest BCUT2D eigenvalue weighted by molar-refractivity contribution is 5.65. The van der Waals surface area contributed by atoms with Crippen molar-refractivity contribution in [2.75, 3.05) is 28.4 Å². The number of aromatic hydroxyl groups is 2. The summed E-state index contributed by atoms with van der Waals surface area (Å²) in [5, 5.41) is 19.8. The lowest BCUT2D eigenvalue weighted by atomic mass is 10.1. The molecule has 0 radical (unpaired) electrons. The maximum absolute atomic E-state index is 9.92. The SMILES string of the molecule is COc1cc(/C=C/C=C/c2cc(OC)c(O)c(OC)c2)cc(OC)c1O. The van der Waals surface area contributed by atoms with Gasteiger partial charge in [-0.2, -0.15) is 0 Å². The van der Waals surface area contributed by atoms with Crippen LogP contribution in [0, 0.1) is 0 Å². The van der Waals surface area contributed by atoms with Crippen LogP contribution in [-0.2, 0) is 0 Å². The number of ether oxygens (including phenoxy) is 4. The van der Waals surface area contributed by atoms with Crippen molar-refractivity contribution in [3.63, 3.8) is 0 Å². The summed E-state index contributed by atoms with van der Waals surface area (Å²) in [7, 11) is 5.92. The predicted molar refractivity (Wildman–Crippen MR) is 100 cm³/mol. The smallest absolute Gasteiger partial charge is 0.200 e. The van der Waals surface area contributed by atoms with Gasteiger partial charge in [0.2, 0.25) is 11.5 Å².